The highest BCUT2D eigenvalue weighted by atomic mass is 16.2. The molecule has 0 bridgehead atoms. The fourth-order valence-corrected chi connectivity index (χ4v) is 4.50. The fourth-order valence-electron chi connectivity index (χ4n) is 4.50. The third kappa shape index (κ3) is 3.75. The number of rotatable bonds is 5. The van der Waals surface area contributed by atoms with Crippen molar-refractivity contribution in [3.8, 4) is 0 Å². The molecular weight excluding hydrogens is 432 g/mol. The number of nitrogens with one attached hydrogen (secondary N) is 1. The summed E-state index contributed by atoms with van der Waals surface area (Å²) in [4.78, 5) is 53.0. The number of carbonyl (C=O) groups excluding carboxylic acids is 3. The van der Waals surface area contributed by atoms with Crippen molar-refractivity contribution < 1.29 is 14.4 Å². The molecule has 0 spiro atoms. The van der Waals surface area contributed by atoms with E-state index in [0.717, 1.165) is 4.90 Å². The third-order valence-corrected chi connectivity index (χ3v) is 6.28. The summed E-state index contributed by atoms with van der Waals surface area (Å²) in [6.45, 7) is 1.77. The first kappa shape index (κ1) is 21.6. The molecule has 1 aromatic heterocycles. The Balaban J connectivity index is 1.34. The number of piperazine rings is 1. The van der Waals surface area contributed by atoms with Crippen molar-refractivity contribution in [2.75, 3.05) is 37.6 Å². The highest BCUT2D eigenvalue weighted by molar-refractivity contribution is 6.11. The largest absolute Gasteiger partial charge is 0.338 e. The van der Waals surface area contributed by atoms with Crippen LogP contribution in [0.3, 0.4) is 0 Å². The van der Waals surface area contributed by atoms with Crippen molar-refractivity contribution in [2.24, 2.45) is 0 Å². The van der Waals surface area contributed by atoms with Gasteiger partial charge in [-0.05, 0) is 17.2 Å². The zero-order valence-corrected chi connectivity index (χ0v) is 18.5. The number of anilines is 1. The second-order valence-electron chi connectivity index (χ2n) is 8.22. The van der Waals surface area contributed by atoms with Gasteiger partial charge in [-0.3, -0.25) is 14.5 Å². The predicted molar refractivity (Wildman–Crippen MR) is 125 cm³/mol. The summed E-state index contributed by atoms with van der Waals surface area (Å²) in [7, 11) is 0. The van der Waals surface area contributed by atoms with E-state index in [0.29, 0.717) is 43.3 Å². The van der Waals surface area contributed by atoms with Crippen LogP contribution in [0, 0.1) is 0 Å². The molecule has 2 fully saturated rings. The molecular formula is C25H24N6O3. The molecule has 34 heavy (non-hydrogen) atoms. The van der Waals surface area contributed by atoms with Gasteiger partial charge in [0.2, 0.25) is 11.9 Å². The van der Waals surface area contributed by atoms with Gasteiger partial charge in [0.1, 0.15) is 6.54 Å². The average Bonchev–Trinajstić information content (AvgIpc) is 3.16. The van der Waals surface area contributed by atoms with Gasteiger partial charge in [0.25, 0.3) is 5.91 Å². The normalized spacial score (nSPS) is 17.6. The first-order chi connectivity index (χ1) is 16.6. The van der Waals surface area contributed by atoms with Crippen LogP contribution in [0.15, 0.2) is 79.1 Å². The molecule has 0 saturated carbocycles. The molecule has 2 saturated heterocycles. The van der Waals surface area contributed by atoms with Crippen molar-refractivity contribution in [1.29, 1.82) is 0 Å². The van der Waals surface area contributed by atoms with Gasteiger partial charge in [0.05, 0.1) is 0 Å². The molecule has 3 heterocycles. The van der Waals surface area contributed by atoms with Gasteiger partial charge >= 0.3 is 6.03 Å². The van der Waals surface area contributed by atoms with Crippen LogP contribution < -0.4 is 10.2 Å². The summed E-state index contributed by atoms with van der Waals surface area (Å²) in [5.74, 6) is -0.104. The molecule has 0 unspecified atom stereocenters. The van der Waals surface area contributed by atoms with E-state index in [-0.39, 0.29) is 12.5 Å². The van der Waals surface area contributed by atoms with E-state index in [1.165, 1.54) is 0 Å². The molecule has 2 aromatic carbocycles. The number of hydrogen-bond acceptors (Lipinski definition) is 6. The second kappa shape index (κ2) is 8.93. The summed E-state index contributed by atoms with van der Waals surface area (Å²) in [5.41, 5.74) is -0.0830. The fraction of sp³-hybridized carbons (Fsp3) is 0.240. The molecule has 4 amide bonds. The summed E-state index contributed by atoms with van der Waals surface area (Å²) in [6.07, 6.45) is 3.37. The Kier molecular flexibility index (Phi) is 5.67. The number of nitrogens with zero attached hydrogens (tertiary/aromatic N) is 5. The Bertz CT molecular complexity index is 1140. The van der Waals surface area contributed by atoms with Crippen LogP contribution in [0.25, 0.3) is 0 Å². The van der Waals surface area contributed by atoms with Gasteiger partial charge in [-0.2, -0.15) is 0 Å². The van der Waals surface area contributed by atoms with Crippen molar-refractivity contribution in [3.63, 3.8) is 0 Å². The van der Waals surface area contributed by atoms with E-state index >= 15 is 0 Å². The Morgan fingerprint density at radius 1 is 0.824 bits per heavy atom. The summed E-state index contributed by atoms with van der Waals surface area (Å²) in [5, 5.41) is 2.88. The molecule has 2 aliphatic rings. The maximum absolute atomic E-state index is 13.7. The quantitative estimate of drug-likeness (QED) is 0.586. The summed E-state index contributed by atoms with van der Waals surface area (Å²) >= 11 is 0. The molecule has 3 aromatic rings. The first-order valence-corrected chi connectivity index (χ1v) is 11.1. The van der Waals surface area contributed by atoms with E-state index in [1.54, 1.807) is 47.6 Å². The molecule has 9 heteroatoms. The lowest BCUT2D eigenvalue weighted by Crippen LogP contribution is -2.52. The van der Waals surface area contributed by atoms with Crippen molar-refractivity contribution in [1.82, 2.24) is 25.1 Å². The molecule has 5 rings (SSSR count). The topological polar surface area (TPSA) is 98.7 Å². The van der Waals surface area contributed by atoms with Crippen molar-refractivity contribution in [2.45, 2.75) is 5.54 Å². The maximum Gasteiger partial charge on any atom is 0.326 e. The Labute approximate surface area is 197 Å². The molecule has 0 atom stereocenters. The van der Waals surface area contributed by atoms with Crippen molar-refractivity contribution >= 4 is 23.8 Å². The van der Waals surface area contributed by atoms with Crippen LogP contribution in [-0.4, -0.2) is 70.3 Å². The average molecular weight is 457 g/mol. The lowest BCUT2D eigenvalue weighted by molar-refractivity contribution is -0.138. The van der Waals surface area contributed by atoms with Crippen molar-refractivity contribution in [3.05, 3.63) is 90.3 Å². The SMILES string of the molecule is O=C(CN1C(=O)NC(c2ccccc2)(c2ccccc2)C1=O)N1CCN(c2ncccn2)CC1. The van der Waals surface area contributed by atoms with Crippen LogP contribution >= 0.6 is 0 Å². The van der Waals surface area contributed by atoms with Crippen LogP contribution in [0.5, 0.6) is 0 Å². The van der Waals surface area contributed by atoms with Crippen LogP contribution in [0.1, 0.15) is 11.1 Å². The van der Waals surface area contributed by atoms with Gasteiger partial charge < -0.3 is 15.1 Å². The smallest absolute Gasteiger partial charge is 0.326 e. The Hall–Kier alpha value is -4.27. The highest BCUT2D eigenvalue weighted by Gasteiger charge is 2.54. The number of hydrogen-bond donors (Lipinski definition) is 1. The Morgan fingerprint density at radius 2 is 1.38 bits per heavy atom. The van der Waals surface area contributed by atoms with E-state index in [2.05, 4.69) is 15.3 Å². The minimum absolute atomic E-state index is 0.269. The van der Waals surface area contributed by atoms with E-state index in [4.69, 9.17) is 0 Å². The molecule has 0 radical (unpaired) electrons. The monoisotopic (exact) mass is 456 g/mol. The van der Waals surface area contributed by atoms with E-state index in [9.17, 15) is 14.4 Å². The third-order valence-electron chi connectivity index (χ3n) is 6.28. The molecule has 172 valence electrons. The standard InChI is InChI=1S/C25H24N6O3/c32-21(29-14-16-30(17-15-29)23-26-12-7-13-27-23)18-31-22(33)25(28-24(31)34,19-8-3-1-4-9-19)20-10-5-2-6-11-20/h1-13H,14-18H2,(H,28,34). The number of benzene rings is 2. The number of urea groups is 1. The van der Waals surface area contributed by atoms with Gasteiger partial charge in [-0.25, -0.2) is 14.8 Å². The minimum Gasteiger partial charge on any atom is -0.338 e. The minimum atomic E-state index is -1.37. The van der Waals surface area contributed by atoms with Crippen LogP contribution in [0.2, 0.25) is 0 Å². The number of imide groups is 1. The lowest BCUT2D eigenvalue weighted by atomic mass is 9.82. The summed E-state index contributed by atoms with van der Waals surface area (Å²) in [6, 6.07) is 19.4. The van der Waals surface area contributed by atoms with Gasteiger partial charge in [-0.15, -0.1) is 0 Å². The van der Waals surface area contributed by atoms with Crippen LogP contribution in [0.4, 0.5) is 10.7 Å². The Morgan fingerprint density at radius 3 is 1.94 bits per heavy atom. The lowest BCUT2D eigenvalue weighted by Gasteiger charge is -2.35. The second-order valence-corrected chi connectivity index (χ2v) is 8.22. The molecule has 2 aliphatic heterocycles. The van der Waals surface area contributed by atoms with Gasteiger partial charge in [0, 0.05) is 38.6 Å². The zero-order valence-electron chi connectivity index (χ0n) is 18.5. The first-order valence-electron chi connectivity index (χ1n) is 11.1. The highest BCUT2D eigenvalue weighted by Crippen LogP contribution is 2.36. The zero-order chi connectivity index (χ0) is 23.5. The predicted octanol–water partition coefficient (Wildman–Crippen LogP) is 1.62. The number of amides is 4. The van der Waals surface area contributed by atoms with Crippen LogP contribution in [-0.2, 0) is 15.1 Å². The molecule has 1 N–H and O–H groups in total. The maximum atomic E-state index is 13.7. The van der Waals surface area contributed by atoms with E-state index in [1.807, 2.05) is 41.3 Å². The molecule has 0 aliphatic carbocycles. The van der Waals surface area contributed by atoms with Gasteiger partial charge in [-0.1, -0.05) is 60.7 Å². The van der Waals surface area contributed by atoms with Gasteiger partial charge in [0.15, 0.2) is 5.54 Å². The molecule has 9 nitrogen and oxygen atoms in total. The van der Waals surface area contributed by atoms with E-state index < -0.39 is 17.5 Å². The number of aromatic nitrogens is 2. The summed E-state index contributed by atoms with van der Waals surface area (Å²) < 4.78 is 0. The number of carbonyl (C=O) groups is 3.